The summed E-state index contributed by atoms with van der Waals surface area (Å²) in [6.45, 7) is 0. The Labute approximate surface area is 214 Å². The molecule has 0 aliphatic heterocycles. The fourth-order valence-corrected chi connectivity index (χ4v) is 5.01. The number of benzene rings is 2. The van der Waals surface area contributed by atoms with Crippen molar-refractivity contribution in [2.24, 2.45) is 0 Å². The minimum atomic E-state index is -0.131. The highest BCUT2D eigenvalue weighted by atomic mass is 16.5. The number of methoxy groups -OCH3 is 1. The summed E-state index contributed by atoms with van der Waals surface area (Å²) in [6.07, 6.45) is 12.0. The largest absolute Gasteiger partial charge is 0.493 e. The molecule has 0 amide bonds. The highest BCUT2D eigenvalue weighted by Gasteiger charge is 2.20. The zero-order chi connectivity index (χ0) is 25.2. The number of hydrogen-bond donors (Lipinski definition) is 0. The number of aromatic nitrogens is 3. The topological polar surface area (TPSA) is 65.7 Å². The Morgan fingerprint density at radius 1 is 0.973 bits per heavy atom. The predicted molar refractivity (Wildman–Crippen MR) is 147 cm³/mol. The van der Waals surface area contributed by atoms with Gasteiger partial charge in [-0.1, -0.05) is 36.4 Å². The Morgan fingerprint density at radius 2 is 1.86 bits per heavy atom. The predicted octanol–water partition coefficient (Wildman–Crippen LogP) is 6.41. The van der Waals surface area contributed by atoms with Crippen LogP contribution in [0.1, 0.15) is 36.9 Å². The number of pyridine rings is 2. The monoisotopic (exact) mass is 489 g/mol. The third-order valence-electron chi connectivity index (χ3n) is 6.89. The maximum absolute atomic E-state index is 13.7. The molecule has 1 aliphatic rings. The van der Waals surface area contributed by atoms with E-state index in [2.05, 4.69) is 4.98 Å². The fraction of sp³-hybridized carbons (Fsp3) is 0.194. The van der Waals surface area contributed by atoms with E-state index in [1.807, 2.05) is 78.9 Å². The van der Waals surface area contributed by atoms with E-state index in [-0.39, 0.29) is 11.7 Å². The summed E-state index contributed by atoms with van der Waals surface area (Å²) in [5, 5.41) is 1.02. The first-order valence-electron chi connectivity index (χ1n) is 12.6. The van der Waals surface area contributed by atoms with Crippen molar-refractivity contribution in [1.82, 2.24) is 14.4 Å². The molecule has 1 aliphatic carbocycles. The minimum absolute atomic E-state index is 0.131. The van der Waals surface area contributed by atoms with Crippen molar-refractivity contribution in [3.8, 4) is 22.6 Å². The Kier molecular flexibility index (Phi) is 6.15. The summed E-state index contributed by atoms with van der Waals surface area (Å²) in [7, 11) is 1.65. The summed E-state index contributed by atoms with van der Waals surface area (Å²) in [4.78, 5) is 23.1. The van der Waals surface area contributed by atoms with E-state index in [1.54, 1.807) is 23.9 Å². The van der Waals surface area contributed by atoms with Gasteiger partial charge in [-0.3, -0.25) is 14.2 Å². The van der Waals surface area contributed by atoms with Crippen LogP contribution in [0.5, 0.6) is 11.5 Å². The lowest BCUT2D eigenvalue weighted by atomic mass is 10.0. The standard InChI is InChI=1S/C31H27N3O3/c1-36-27-12-6-8-22(30(27)37-24-10-2-3-11-24)16-17-25-29(31(35)34-19-5-4-13-28(34)33-25)23-15-14-21-9-7-18-32-26(21)20-23/h4-9,12-20,24H,2-3,10-11H2,1H3. The molecule has 1 fully saturated rings. The molecule has 0 bridgehead atoms. The van der Waals surface area contributed by atoms with Crippen molar-refractivity contribution in [3.05, 3.63) is 101 Å². The first-order chi connectivity index (χ1) is 18.2. The van der Waals surface area contributed by atoms with Crippen LogP contribution in [0.15, 0.2) is 83.9 Å². The van der Waals surface area contributed by atoms with E-state index in [9.17, 15) is 4.79 Å². The molecule has 184 valence electrons. The maximum Gasteiger partial charge on any atom is 0.266 e. The van der Waals surface area contributed by atoms with Crippen LogP contribution in [0.2, 0.25) is 0 Å². The maximum atomic E-state index is 13.7. The van der Waals surface area contributed by atoms with Gasteiger partial charge in [0.2, 0.25) is 0 Å². The van der Waals surface area contributed by atoms with Crippen LogP contribution in [0.4, 0.5) is 0 Å². The molecule has 6 heteroatoms. The summed E-state index contributed by atoms with van der Waals surface area (Å²) in [5.74, 6) is 1.42. The van der Waals surface area contributed by atoms with Gasteiger partial charge in [-0.15, -0.1) is 0 Å². The van der Waals surface area contributed by atoms with Crippen LogP contribution in [-0.2, 0) is 0 Å². The third-order valence-corrected chi connectivity index (χ3v) is 6.89. The van der Waals surface area contributed by atoms with Gasteiger partial charge >= 0.3 is 0 Å². The van der Waals surface area contributed by atoms with Crippen LogP contribution in [0.3, 0.4) is 0 Å². The van der Waals surface area contributed by atoms with Gasteiger partial charge in [-0.05, 0) is 73.7 Å². The van der Waals surface area contributed by atoms with E-state index in [4.69, 9.17) is 14.5 Å². The number of nitrogens with zero attached hydrogens (tertiary/aromatic N) is 3. The molecule has 1 saturated carbocycles. The van der Waals surface area contributed by atoms with Gasteiger partial charge in [0.25, 0.3) is 5.56 Å². The van der Waals surface area contributed by atoms with Crippen molar-refractivity contribution in [2.75, 3.05) is 7.11 Å². The van der Waals surface area contributed by atoms with E-state index in [0.717, 1.165) is 40.6 Å². The molecular formula is C31H27N3O3. The van der Waals surface area contributed by atoms with Crippen LogP contribution < -0.4 is 15.0 Å². The lowest BCUT2D eigenvalue weighted by Gasteiger charge is -2.18. The van der Waals surface area contributed by atoms with Gasteiger partial charge in [-0.2, -0.15) is 0 Å². The molecule has 0 spiro atoms. The molecule has 0 unspecified atom stereocenters. The summed E-state index contributed by atoms with van der Waals surface area (Å²) < 4.78 is 13.6. The molecular weight excluding hydrogens is 462 g/mol. The van der Waals surface area contributed by atoms with E-state index in [0.29, 0.717) is 22.7 Å². The molecule has 3 heterocycles. The van der Waals surface area contributed by atoms with Gasteiger partial charge in [0.1, 0.15) is 5.65 Å². The second-order valence-electron chi connectivity index (χ2n) is 9.25. The van der Waals surface area contributed by atoms with E-state index >= 15 is 0 Å². The van der Waals surface area contributed by atoms with E-state index < -0.39 is 0 Å². The van der Waals surface area contributed by atoms with E-state index in [1.165, 1.54) is 12.8 Å². The van der Waals surface area contributed by atoms with Crippen LogP contribution in [0.25, 0.3) is 39.8 Å². The summed E-state index contributed by atoms with van der Waals surface area (Å²) >= 11 is 0. The quantitative estimate of drug-likeness (QED) is 0.276. The number of para-hydroxylation sites is 1. The second kappa shape index (κ2) is 9.90. The van der Waals surface area contributed by atoms with Gasteiger partial charge in [-0.25, -0.2) is 4.98 Å². The van der Waals surface area contributed by atoms with Gasteiger partial charge < -0.3 is 9.47 Å². The Bertz CT molecular complexity index is 1680. The molecule has 2 aromatic carbocycles. The number of ether oxygens (including phenoxy) is 2. The second-order valence-corrected chi connectivity index (χ2v) is 9.25. The third kappa shape index (κ3) is 4.47. The molecule has 6 nitrogen and oxygen atoms in total. The summed E-state index contributed by atoms with van der Waals surface area (Å²) in [5.41, 5.74) is 4.04. The van der Waals surface area contributed by atoms with Crippen molar-refractivity contribution in [3.63, 3.8) is 0 Å². The normalized spacial score (nSPS) is 14.1. The Hall–Kier alpha value is -4.45. The first kappa shape index (κ1) is 23.0. The SMILES string of the molecule is COc1cccc(C=Cc2nc3ccccn3c(=O)c2-c2ccc3cccnc3c2)c1OC1CCCC1. The van der Waals surface area contributed by atoms with Gasteiger partial charge in [0.05, 0.1) is 30.0 Å². The molecule has 0 radical (unpaired) electrons. The fourth-order valence-electron chi connectivity index (χ4n) is 5.01. The van der Waals surface area contributed by atoms with Crippen LogP contribution in [0, 0.1) is 0 Å². The van der Waals surface area contributed by atoms with Crippen molar-refractivity contribution in [2.45, 2.75) is 31.8 Å². The van der Waals surface area contributed by atoms with Crippen molar-refractivity contribution >= 4 is 28.7 Å². The zero-order valence-corrected chi connectivity index (χ0v) is 20.6. The average molecular weight is 490 g/mol. The first-order valence-corrected chi connectivity index (χ1v) is 12.6. The minimum Gasteiger partial charge on any atom is -0.493 e. The van der Waals surface area contributed by atoms with Crippen LogP contribution in [-0.4, -0.2) is 27.6 Å². The van der Waals surface area contributed by atoms with Crippen LogP contribution >= 0.6 is 0 Å². The lowest BCUT2D eigenvalue weighted by molar-refractivity contribution is 0.200. The molecule has 0 atom stereocenters. The Balaban J connectivity index is 1.50. The van der Waals surface area contributed by atoms with Crippen molar-refractivity contribution in [1.29, 1.82) is 0 Å². The molecule has 37 heavy (non-hydrogen) atoms. The molecule has 0 saturated heterocycles. The highest BCUT2D eigenvalue weighted by molar-refractivity contribution is 5.87. The number of rotatable bonds is 6. The van der Waals surface area contributed by atoms with Gasteiger partial charge in [0, 0.05) is 23.3 Å². The summed E-state index contributed by atoms with van der Waals surface area (Å²) in [6, 6.07) is 21.2. The van der Waals surface area contributed by atoms with Crippen molar-refractivity contribution < 1.29 is 9.47 Å². The highest BCUT2D eigenvalue weighted by Crippen LogP contribution is 2.36. The lowest BCUT2D eigenvalue weighted by Crippen LogP contribution is -2.18. The molecule has 6 rings (SSSR count). The molecule has 3 aromatic heterocycles. The molecule has 0 N–H and O–H groups in total. The smallest absolute Gasteiger partial charge is 0.266 e. The number of hydrogen-bond acceptors (Lipinski definition) is 5. The Morgan fingerprint density at radius 3 is 2.73 bits per heavy atom. The van der Waals surface area contributed by atoms with Gasteiger partial charge in [0.15, 0.2) is 11.5 Å². The number of fused-ring (bicyclic) bond motifs is 2. The zero-order valence-electron chi connectivity index (χ0n) is 20.6. The average Bonchev–Trinajstić information content (AvgIpc) is 3.45. The molecule has 5 aromatic rings.